The van der Waals surface area contributed by atoms with Crippen molar-refractivity contribution in [2.24, 2.45) is 5.73 Å². The van der Waals surface area contributed by atoms with E-state index in [1.807, 2.05) is 0 Å². The molecule has 0 amide bonds. The first-order valence-corrected chi connectivity index (χ1v) is 21.3. The van der Waals surface area contributed by atoms with Crippen LogP contribution in [-0.4, -0.2) is 49.3 Å². The predicted octanol–water partition coefficient (Wildman–Crippen LogP) is 10.8. The number of allylic oxidation sites excluding steroid dienone is 4. The average Bonchev–Trinajstić information content (AvgIpc) is 3.08. The Hall–Kier alpha value is -1.51. The maximum Gasteiger partial charge on any atom is 0.472 e. The van der Waals surface area contributed by atoms with Crippen LogP contribution < -0.4 is 5.73 Å². The number of phosphoric ester groups is 1. The van der Waals surface area contributed by atoms with Crippen molar-refractivity contribution >= 4 is 19.8 Å². The molecule has 0 aliphatic heterocycles. The summed E-state index contributed by atoms with van der Waals surface area (Å²) in [5.41, 5.74) is 5.33. The van der Waals surface area contributed by atoms with Gasteiger partial charge in [-0.1, -0.05) is 134 Å². The van der Waals surface area contributed by atoms with Crippen LogP contribution in [0.25, 0.3) is 0 Å². The zero-order valence-electron chi connectivity index (χ0n) is 31.4. The lowest BCUT2D eigenvalue weighted by atomic mass is 10.1. The molecule has 0 spiro atoms. The van der Waals surface area contributed by atoms with Gasteiger partial charge in [-0.05, 0) is 57.8 Å². The van der Waals surface area contributed by atoms with Crippen molar-refractivity contribution in [3.63, 3.8) is 0 Å². The highest BCUT2D eigenvalue weighted by molar-refractivity contribution is 7.47. The minimum Gasteiger partial charge on any atom is -0.462 e. The third-order valence-corrected chi connectivity index (χ3v) is 9.29. The molecule has 0 fully saturated rings. The molecule has 0 aromatic heterocycles. The van der Waals surface area contributed by atoms with Crippen LogP contribution in [-0.2, 0) is 32.7 Å². The van der Waals surface area contributed by atoms with E-state index < -0.39 is 32.5 Å². The molecule has 0 saturated heterocycles. The van der Waals surface area contributed by atoms with Gasteiger partial charge in [0.1, 0.15) is 6.61 Å². The van der Waals surface area contributed by atoms with Crippen molar-refractivity contribution in [2.75, 3.05) is 26.4 Å². The fraction of sp³-hybridized carbons (Fsp3) is 0.846. The molecule has 0 aromatic carbocycles. The summed E-state index contributed by atoms with van der Waals surface area (Å²) in [5, 5.41) is 0. The van der Waals surface area contributed by atoms with E-state index in [2.05, 4.69) is 38.2 Å². The number of rotatable bonds is 37. The van der Waals surface area contributed by atoms with E-state index in [-0.39, 0.29) is 32.6 Å². The largest absolute Gasteiger partial charge is 0.472 e. The summed E-state index contributed by atoms with van der Waals surface area (Å²) in [6.45, 7) is 3.67. The molecule has 0 heterocycles. The maximum atomic E-state index is 12.5. The van der Waals surface area contributed by atoms with Crippen LogP contribution >= 0.6 is 7.82 Å². The van der Waals surface area contributed by atoms with Gasteiger partial charge < -0.3 is 20.1 Å². The van der Waals surface area contributed by atoms with Crippen molar-refractivity contribution in [2.45, 2.75) is 187 Å². The standard InChI is InChI=1S/C39H74NO8P/c1-3-5-7-9-11-13-15-17-18-20-22-24-26-28-30-32-39(42)48-37(36-47-49(43,44)46-34-33-40)35-45-38(41)31-29-27-25-23-21-19-16-14-12-10-8-6-4-2/h9,11,14,16,37H,3-8,10,12-13,15,17-36,40H2,1-2H3,(H,43,44)/b11-9+,16-14+/t37-/m1/s1. The predicted molar refractivity (Wildman–Crippen MR) is 201 cm³/mol. The lowest BCUT2D eigenvalue weighted by Gasteiger charge is -2.19. The van der Waals surface area contributed by atoms with Crippen LogP contribution in [0.4, 0.5) is 0 Å². The van der Waals surface area contributed by atoms with Crippen LogP contribution in [0.15, 0.2) is 24.3 Å². The molecule has 10 heteroatoms. The SMILES string of the molecule is CCCC/C=C/CCCCCCCCCCCC(=O)O[C@H](COC(=O)CCCCCCC/C=C/CCCCCC)COP(=O)(O)OCCN. The number of esters is 2. The Labute approximate surface area is 300 Å². The quantitative estimate of drug-likeness (QED) is 0.0279. The number of phosphoric acid groups is 1. The smallest absolute Gasteiger partial charge is 0.462 e. The van der Waals surface area contributed by atoms with Crippen molar-refractivity contribution in [3.8, 4) is 0 Å². The van der Waals surface area contributed by atoms with E-state index in [0.29, 0.717) is 6.42 Å². The molecule has 0 aromatic rings. The molecule has 3 N–H and O–H groups in total. The Morgan fingerprint density at radius 2 is 1.02 bits per heavy atom. The molecule has 0 radical (unpaired) electrons. The zero-order valence-corrected chi connectivity index (χ0v) is 32.3. The minimum atomic E-state index is -4.37. The van der Waals surface area contributed by atoms with E-state index in [1.165, 1.54) is 89.9 Å². The van der Waals surface area contributed by atoms with Crippen LogP contribution in [0.1, 0.15) is 181 Å². The first kappa shape index (κ1) is 47.5. The fourth-order valence-electron chi connectivity index (χ4n) is 5.31. The Bertz CT molecular complexity index is 866. The molecule has 0 aliphatic rings. The van der Waals surface area contributed by atoms with Crippen LogP contribution in [0.3, 0.4) is 0 Å². The van der Waals surface area contributed by atoms with Gasteiger partial charge in [0.25, 0.3) is 0 Å². The average molecular weight is 716 g/mol. The first-order chi connectivity index (χ1) is 23.8. The molecule has 288 valence electrons. The van der Waals surface area contributed by atoms with Crippen molar-refractivity contribution in [1.29, 1.82) is 0 Å². The number of hydrogen-bond acceptors (Lipinski definition) is 8. The van der Waals surface area contributed by atoms with Gasteiger partial charge in [0, 0.05) is 19.4 Å². The lowest BCUT2D eigenvalue weighted by Crippen LogP contribution is -2.29. The molecule has 0 rings (SSSR count). The van der Waals surface area contributed by atoms with Gasteiger partial charge >= 0.3 is 19.8 Å². The van der Waals surface area contributed by atoms with E-state index in [0.717, 1.165) is 57.8 Å². The maximum absolute atomic E-state index is 12.5. The molecule has 0 saturated carbocycles. The number of unbranched alkanes of at least 4 members (excludes halogenated alkanes) is 20. The monoisotopic (exact) mass is 716 g/mol. The molecular formula is C39H74NO8P. The van der Waals surface area contributed by atoms with Gasteiger partial charge in [-0.3, -0.25) is 18.6 Å². The second-order valence-electron chi connectivity index (χ2n) is 13.1. The molecule has 2 atom stereocenters. The second kappa shape index (κ2) is 36.3. The molecule has 9 nitrogen and oxygen atoms in total. The molecule has 49 heavy (non-hydrogen) atoms. The van der Waals surface area contributed by atoms with E-state index in [9.17, 15) is 19.0 Å². The van der Waals surface area contributed by atoms with E-state index in [4.69, 9.17) is 24.3 Å². The Balaban J connectivity index is 4.20. The van der Waals surface area contributed by atoms with E-state index in [1.54, 1.807) is 0 Å². The van der Waals surface area contributed by atoms with Gasteiger partial charge in [-0.15, -0.1) is 0 Å². The third kappa shape index (κ3) is 36.1. The molecule has 0 aliphatic carbocycles. The van der Waals surface area contributed by atoms with E-state index >= 15 is 0 Å². The van der Waals surface area contributed by atoms with Crippen molar-refractivity contribution in [1.82, 2.24) is 0 Å². The minimum absolute atomic E-state index is 0.0528. The highest BCUT2D eigenvalue weighted by Gasteiger charge is 2.25. The van der Waals surface area contributed by atoms with Crippen LogP contribution in [0, 0.1) is 0 Å². The summed E-state index contributed by atoms with van der Waals surface area (Å²) in [5.74, 6) is -0.840. The highest BCUT2D eigenvalue weighted by Crippen LogP contribution is 2.43. The molecular weight excluding hydrogens is 641 g/mol. The number of ether oxygens (including phenoxy) is 2. The summed E-state index contributed by atoms with van der Waals surface area (Å²) < 4.78 is 32.7. The summed E-state index contributed by atoms with van der Waals surface area (Å²) in [7, 11) is -4.37. The lowest BCUT2D eigenvalue weighted by molar-refractivity contribution is -0.161. The van der Waals surface area contributed by atoms with Gasteiger partial charge in [0.05, 0.1) is 13.2 Å². The first-order valence-electron chi connectivity index (χ1n) is 19.8. The Morgan fingerprint density at radius 3 is 1.51 bits per heavy atom. The normalized spacial score (nSPS) is 13.6. The van der Waals surface area contributed by atoms with Crippen LogP contribution in [0.5, 0.6) is 0 Å². The molecule has 0 bridgehead atoms. The summed E-state index contributed by atoms with van der Waals surface area (Å²) in [4.78, 5) is 34.7. The number of carbonyl (C=O) groups is 2. The molecule has 1 unspecified atom stereocenters. The number of hydrogen-bond donors (Lipinski definition) is 2. The fourth-order valence-corrected chi connectivity index (χ4v) is 6.08. The van der Waals surface area contributed by atoms with Crippen molar-refractivity contribution < 1.29 is 37.6 Å². The number of nitrogens with two attached hydrogens (primary N) is 1. The van der Waals surface area contributed by atoms with Crippen molar-refractivity contribution in [3.05, 3.63) is 24.3 Å². The van der Waals surface area contributed by atoms with Gasteiger partial charge in [-0.25, -0.2) is 4.57 Å². The summed E-state index contributed by atoms with van der Waals surface area (Å²) >= 11 is 0. The summed E-state index contributed by atoms with van der Waals surface area (Å²) in [6.07, 6.45) is 36.3. The highest BCUT2D eigenvalue weighted by atomic mass is 31.2. The number of carbonyl (C=O) groups excluding carboxylic acids is 2. The zero-order chi connectivity index (χ0) is 36.1. The second-order valence-corrected chi connectivity index (χ2v) is 14.6. The Morgan fingerprint density at radius 1 is 0.592 bits per heavy atom. The third-order valence-electron chi connectivity index (χ3n) is 8.31. The van der Waals surface area contributed by atoms with Crippen LogP contribution in [0.2, 0.25) is 0 Å². The topological polar surface area (TPSA) is 134 Å². The Kier molecular flexibility index (Phi) is 35.2. The van der Waals surface area contributed by atoms with Gasteiger partial charge in [0.15, 0.2) is 6.10 Å². The summed E-state index contributed by atoms with van der Waals surface area (Å²) in [6, 6.07) is 0. The van der Waals surface area contributed by atoms with Gasteiger partial charge in [-0.2, -0.15) is 0 Å². The van der Waals surface area contributed by atoms with Gasteiger partial charge in [0.2, 0.25) is 0 Å².